The lowest BCUT2D eigenvalue weighted by molar-refractivity contribution is -0.134. The number of aromatic nitrogens is 1. The Bertz CT molecular complexity index is 488. The summed E-state index contributed by atoms with van der Waals surface area (Å²) >= 11 is 5.50. The molecule has 1 aromatic rings. The van der Waals surface area contributed by atoms with E-state index in [1.807, 2.05) is 0 Å². The van der Waals surface area contributed by atoms with Crippen molar-refractivity contribution in [3.05, 3.63) is 23.5 Å². The number of pyridine rings is 1. The van der Waals surface area contributed by atoms with Crippen molar-refractivity contribution in [2.24, 2.45) is 0 Å². The molecule has 1 N–H and O–H groups in total. The van der Waals surface area contributed by atoms with Gasteiger partial charge in [-0.3, -0.25) is 4.72 Å². The number of nitrogens with zero attached hydrogens (tertiary/aromatic N) is 1. The van der Waals surface area contributed by atoms with Crippen molar-refractivity contribution in [3.63, 3.8) is 0 Å². The molecule has 0 saturated heterocycles. The summed E-state index contributed by atoms with van der Waals surface area (Å²) in [6, 6.07) is 2.74. The number of sulfonamides is 1. The van der Waals surface area contributed by atoms with E-state index in [0.717, 1.165) is 0 Å². The zero-order chi connectivity index (χ0) is 13.8. The van der Waals surface area contributed by atoms with Crippen LogP contribution in [0, 0.1) is 0 Å². The van der Waals surface area contributed by atoms with Crippen LogP contribution in [0.3, 0.4) is 0 Å². The molecule has 0 aliphatic carbocycles. The first kappa shape index (κ1) is 15.0. The molecule has 0 unspecified atom stereocenters. The van der Waals surface area contributed by atoms with Crippen LogP contribution in [-0.2, 0) is 10.0 Å². The largest absolute Gasteiger partial charge is 0.389 e. The minimum absolute atomic E-state index is 0.159. The van der Waals surface area contributed by atoms with Gasteiger partial charge in [-0.1, -0.05) is 11.6 Å². The van der Waals surface area contributed by atoms with Crippen LogP contribution in [0.25, 0.3) is 0 Å². The van der Waals surface area contributed by atoms with Gasteiger partial charge in [-0.25, -0.2) is 13.4 Å². The van der Waals surface area contributed by atoms with Gasteiger partial charge < -0.3 is 0 Å². The highest BCUT2D eigenvalue weighted by Gasteiger charge is 2.27. The molecular formula is C9H10ClF3N2O2S. The van der Waals surface area contributed by atoms with Gasteiger partial charge in [0.15, 0.2) is 0 Å². The first-order valence-electron chi connectivity index (χ1n) is 4.87. The molecule has 0 bridgehead atoms. The highest BCUT2D eigenvalue weighted by molar-refractivity contribution is 7.92. The van der Waals surface area contributed by atoms with Crippen molar-refractivity contribution >= 4 is 27.3 Å². The Hall–Kier alpha value is -1.02. The van der Waals surface area contributed by atoms with Crippen molar-refractivity contribution < 1.29 is 21.6 Å². The predicted octanol–water partition coefficient (Wildman–Crippen LogP) is 2.82. The van der Waals surface area contributed by atoms with Gasteiger partial charge in [0.05, 0.1) is 17.6 Å². The second-order valence-corrected chi connectivity index (χ2v) is 5.74. The van der Waals surface area contributed by atoms with Crippen molar-refractivity contribution in [2.45, 2.75) is 19.0 Å². The topological polar surface area (TPSA) is 59.1 Å². The fourth-order valence-electron chi connectivity index (χ4n) is 1.13. The van der Waals surface area contributed by atoms with Crippen LogP contribution in [-0.4, -0.2) is 25.3 Å². The summed E-state index contributed by atoms with van der Waals surface area (Å²) in [7, 11) is -3.80. The number of alkyl halides is 3. The third kappa shape index (κ3) is 6.06. The molecule has 0 spiro atoms. The van der Waals surface area contributed by atoms with Gasteiger partial charge >= 0.3 is 6.18 Å². The fourth-order valence-corrected chi connectivity index (χ4v) is 2.35. The molecule has 4 nitrogen and oxygen atoms in total. The number of rotatable bonds is 5. The van der Waals surface area contributed by atoms with E-state index < -0.39 is 34.8 Å². The summed E-state index contributed by atoms with van der Waals surface area (Å²) in [4.78, 5) is 3.64. The number of hydrogen-bond donors (Lipinski definition) is 1. The van der Waals surface area contributed by atoms with E-state index in [-0.39, 0.29) is 10.8 Å². The first-order valence-corrected chi connectivity index (χ1v) is 6.90. The Morgan fingerprint density at radius 2 is 2.00 bits per heavy atom. The summed E-state index contributed by atoms with van der Waals surface area (Å²) in [6.07, 6.45) is -4.78. The Morgan fingerprint density at radius 3 is 2.50 bits per heavy atom. The maximum atomic E-state index is 11.9. The van der Waals surface area contributed by atoms with Crippen LogP contribution >= 0.6 is 11.6 Å². The summed E-state index contributed by atoms with van der Waals surface area (Å²) in [5.41, 5.74) is 0.159. The molecule has 0 radical (unpaired) electrons. The molecule has 0 aliphatic heterocycles. The minimum atomic E-state index is -4.35. The number of nitrogens with one attached hydrogen (secondary N) is 1. The summed E-state index contributed by atoms with van der Waals surface area (Å²) in [5, 5.41) is 0.190. The van der Waals surface area contributed by atoms with Gasteiger partial charge in [-0.15, -0.1) is 0 Å². The van der Waals surface area contributed by atoms with E-state index in [2.05, 4.69) is 9.71 Å². The molecule has 0 atom stereocenters. The van der Waals surface area contributed by atoms with E-state index in [0.29, 0.717) is 0 Å². The average Bonchev–Trinajstić information content (AvgIpc) is 2.18. The van der Waals surface area contributed by atoms with Crippen LogP contribution < -0.4 is 4.72 Å². The van der Waals surface area contributed by atoms with E-state index in [1.165, 1.54) is 18.3 Å². The molecule has 102 valence electrons. The minimum Gasteiger partial charge on any atom is -0.282 e. The van der Waals surface area contributed by atoms with Crippen LogP contribution in [0.4, 0.5) is 18.9 Å². The Labute approximate surface area is 107 Å². The molecule has 1 rings (SSSR count). The van der Waals surface area contributed by atoms with Gasteiger partial charge in [-0.05, 0) is 18.6 Å². The second kappa shape index (κ2) is 5.75. The molecule has 0 saturated carbocycles. The third-order valence-corrected chi connectivity index (χ3v) is 3.47. The van der Waals surface area contributed by atoms with Crippen molar-refractivity contribution in [3.8, 4) is 0 Å². The Balaban J connectivity index is 2.52. The van der Waals surface area contributed by atoms with Gasteiger partial charge in [0.25, 0.3) is 0 Å². The summed E-state index contributed by atoms with van der Waals surface area (Å²) in [5.74, 6) is -0.602. The highest BCUT2D eigenvalue weighted by Crippen LogP contribution is 2.22. The Morgan fingerprint density at radius 1 is 1.33 bits per heavy atom. The van der Waals surface area contributed by atoms with Crippen LogP contribution in [0.2, 0.25) is 5.15 Å². The van der Waals surface area contributed by atoms with Crippen LogP contribution in [0.15, 0.2) is 18.3 Å². The zero-order valence-electron chi connectivity index (χ0n) is 9.04. The third-order valence-electron chi connectivity index (χ3n) is 1.87. The van der Waals surface area contributed by atoms with Crippen LogP contribution in [0.1, 0.15) is 12.8 Å². The van der Waals surface area contributed by atoms with E-state index >= 15 is 0 Å². The first-order chi connectivity index (χ1) is 8.18. The van der Waals surface area contributed by atoms with Crippen molar-refractivity contribution in [1.82, 2.24) is 4.98 Å². The van der Waals surface area contributed by atoms with Crippen LogP contribution in [0.5, 0.6) is 0 Å². The molecule has 18 heavy (non-hydrogen) atoms. The van der Waals surface area contributed by atoms with Crippen molar-refractivity contribution in [2.75, 3.05) is 10.5 Å². The van der Waals surface area contributed by atoms with Gasteiger partial charge in [-0.2, -0.15) is 13.2 Å². The number of anilines is 1. The molecule has 0 aromatic carbocycles. The maximum Gasteiger partial charge on any atom is 0.389 e. The molecular weight excluding hydrogens is 293 g/mol. The van der Waals surface area contributed by atoms with E-state index in [1.54, 1.807) is 0 Å². The Kier molecular flexibility index (Phi) is 4.80. The van der Waals surface area contributed by atoms with Gasteiger partial charge in [0.1, 0.15) is 5.15 Å². The SMILES string of the molecule is O=S(=O)(CCCC(F)(F)F)Nc1ccc(Cl)nc1. The second-order valence-electron chi connectivity index (χ2n) is 3.51. The molecule has 0 fully saturated rings. The smallest absolute Gasteiger partial charge is 0.282 e. The molecule has 0 aliphatic rings. The number of hydrogen-bond acceptors (Lipinski definition) is 3. The van der Waals surface area contributed by atoms with E-state index in [4.69, 9.17) is 11.6 Å². The average molecular weight is 303 g/mol. The summed E-state index contributed by atoms with van der Waals surface area (Å²) in [6.45, 7) is 0. The van der Waals surface area contributed by atoms with Gasteiger partial charge in [0.2, 0.25) is 10.0 Å². The highest BCUT2D eigenvalue weighted by atomic mass is 35.5. The molecule has 9 heteroatoms. The fraction of sp³-hybridized carbons (Fsp3) is 0.444. The van der Waals surface area contributed by atoms with E-state index in [9.17, 15) is 21.6 Å². The quantitative estimate of drug-likeness (QED) is 0.851. The predicted molar refractivity (Wildman–Crippen MR) is 61.9 cm³/mol. The monoisotopic (exact) mass is 302 g/mol. The molecule has 0 amide bonds. The molecule has 1 heterocycles. The number of halogens is 4. The summed E-state index contributed by atoms with van der Waals surface area (Å²) < 4.78 is 60.6. The standard InChI is InChI=1S/C9H10ClF3N2O2S/c10-8-3-2-7(6-14-8)15-18(16,17)5-1-4-9(11,12)13/h2-3,6,15H,1,4-5H2. The normalized spacial score (nSPS) is 12.4. The van der Waals surface area contributed by atoms with Crippen molar-refractivity contribution in [1.29, 1.82) is 0 Å². The lowest BCUT2D eigenvalue weighted by Gasteiger charge is -2.08. The van der Waals surface area contributed by atoms with Gasteiger partial charge in [0, 0.05) is 6.42 Å². The zero-order valence-corrected chi connectivity index (χ0v) is 10.6. The lowest BCUT2D eigenvalue weighted by atomic mass is 10.3. The molecule has 1 aromatic heterocycles. The maximum absolute atomic E-state index is 11.9. The lowest BCUT2D eigenvalue weighted by Crippen LogP contribution is -2.18.